The van der Waals surface area contributed by atoms with Crippen molar-refractivity contribution in [2.75, 3.05) is 19.1 Å². The molecule has 3 rings (SSSR count). The molecule has 1 fully saturated rings. The predicted molar refractivity (Wildman–Crippen MR) is 121 cm³/mol. The molecule has 198 valence electrons. The van der Waals surface area contributed by atoms with Crippen molar-refractivity contribution < 1.29 is 60.4 Å². The number of halogens is 2. The maximum Gasteiger partial charge on any atom is 0.708 e. The maximum absolute atomic E-state index is 15.4. The molecule has 1 saturated heterocycles. The molecule has 0 aliphatic carbocycles. The molecule has 0 saturated carbocycles. The highest BCUT2D eigenvalue weighted by atomic mass is 127. The number of hydrogen-bond acceptors (Lipinski definition) is 14. The Balaban J connectivity index is 1.77. The van der Waals surface area contributed by atoms with Crippen molar-refractivity contribution in [2.45, 2.75) is 24.6 Å². The number of rotatable bonds is 12. The zero-order chi connectivity index (χ0) is 26.7. The van der Waals surface area contributed by atoms with Crippen LogP contribution in [0.5, 0.6) is 0 Å². The molecule has 36 heavy (non-hydrogen) atoms. The summed E-state index contributed by atoms with van der Waals surface area (Å²) in [6.45, 7) is -1.38. The zero-order valence-corrected chi connectivity index (χ0v) is 22.1. The van der Waals surface area contributed by atoms with Gasteiger partial charge in [-0.15, -0.1) is 9.20 Å². The number of nitrogen functional groups attached to an aromatic ring is 1. The number of alkyl halides is 1. The van der Waals surface area contributed by atoms with Gasteiger partial charge in [-0.25, -0.2) is 28.7 Å². The lowest BCUT2D eigenvalue weighted by molar-refractivity contribution is -0.157. The molecule has 1 aliphatic heterocycles. The lowest BCUT2D eigenvalue weighted by Gasteiger charge is -2.17. The fourth-order valence-corrected chi connectivity index (χ4v) is 6.55. The topological polar surface area (TPSA) is 273 Å². The van der Waals surface area contributed by atoms with Gasteiger partial charge < -0.3 is 24.7 Å². The van der Waals surface area contributed by atoms with Gasteiger partial charge in [-0.05, 0) is 32.4 Å². The highest BCUT2D eigenvalue weighted by Gasteiger charge is 2.50. The molecule has 0 amide bonds. The Labute approximate surface area is 213 Å². The summed E-state index contributed by atoms with van der Waals surface area (Å²) in [6.07, 6.45) is -3.48. The van der Waals surface area contributed by atoms with E-state index in [1.165, 1.54) is 10.8 Å². The first-order valence-electron chi connectivity index (χ1n) is 9.07. The standard InChI is InChI=1S/C12H14FIN7O12P3/c13-8-9(28-4-19-20-16)6(2-29-34(23)32-36(26,27)33-35(24,25)31-22)30-12(8)21-1-5(14)7-10(15)17-3-18-11(7)21/h1,3,6,8-9,12H,2,4H2,(H4-,15,17,18,22,24,25,26,27)/p+1/t6-,8-,9-,12-/m1/s1. The van der Waals surface area contributed by atoms with E-state index in [0.29, 0.717) is 8.96 Å². The van der Waals surface area contributed by atoms with Crippen LogP contribution in [-0.2, 0) is 41.0 Å². The van der Waals surface area contributed by atoms with Crippen molar-refractivity contribution in [2.24, 2.45) is 5.11 Å². The molecule has 3 unspecified atom stereocenters. The summed E-state index contributed by atoms with van der Waals surface area (Å²) < 4.78 is 78.2. The number of ether oxygens (including phenoxy) is 2. The molecular weight excluding hydrogens is 673 g/mol. The van der Waals surface area contributed by atoms with Crippen LogP contribution in [0.1, 0.15) is 6.23 Å². The van der Waals surface area contributed by atoms with Crippen LogP contribution < -0.4 is 5.73 Å². The molecule has 7 atom stereocenters. The second-order valence-corrected chi connectivity index (χ2v) is 11.8. The Morgan fingerprint density at radius 3 is 2.78 bits per heavy atom. The minimum absolute atomic E-state index is 0.136. The second kappa shape index (κ2) is 12.0. The van der Waals surface area contributed by atoms with E-state index >= 15 is 4.39 Å². The smallest absolute Gasteiger partial charge is 0.383 e. The minimum atomic E-state index is -5.53. The first-order valence-corrected chi connectivity index (χ1v) is 14.2. The molecule has 0 radical (unpaired) electrons. The van der Waals surface area contributed by atoms with Gasteiger partial charge >= 0.3 is 23.9 Å². The number of aromatic nitrogens is 3. The van der Waals surface area contributed by atoms with Crippen LogP contribution in [0, 0.1) is 3.57 Å². The third-order valence-electron chi connectivity index (χ3n) is 4.35. The Morgan fingerprint density at radius 1 is 1.39 bits per heavy atom. The van der Waals surface area contributed by atoms with Crippen molar-refractivity contribution in [3.8, 4) is 0 Å². The van der Waals surface area contributed by atoms with E-state index in [-0.39, 0.29) is 11.5 Å². The molecule has 2 aromatic heterocycles. The highest BCUT2D eigenvalue weighted by molar-refractivity contribution is 14.1. The average molecular weight is 688 g/mol. The molecule has 0 aromatic carbocycles. The number of hydrogen-bond donors (Lipinski definition) is 4. The van der Waals surface area contributed by atoms with Crippen LogP contribution in [0.2, 0.25) is 0 Å². The quantitative estimate of drug-likeness (QED) is 0.0475. The lowest BCUT2D eigenvalue weighted by Crippen LogP contribution is -2.34. The first-order chi connectivity index (χ1) is 16.9. The summed E-state index contributed by atoms with van der Waals surface area (Å²) in [4.78, 5) is 28.6. The fraction of sp³-hybridized carbons (Fsp3) is 0.500. The number of phosphoric acid groups is 2. The van der Waals surface area contributed by atoms with Crippen molar-refractivity contribution in [1.82, 2.24) is 14.5 Å². The van der Waals surface area contributed by atoms with E-state index in [2.05, 4.69) is 33.3 Å². The molecule has 0 bridgehead atoms. The summed E-state index contributed by atoms with van der Waals surface area (Å²) in [5.41, 5.74) is 14.5. The van der Waals surface area contributed by atoms with Gasteiger partial charge in [-0.1, -0.05) is 5.11 Å². The molecule has 5 N–H and O–H groups in total. The molecule has 0 spiro atoms. The highest BCUT2D eigenvalue weighted by Crippen LogP contribution is 2.63. The summed E-state index contributed by atoms with van der Waals surface area (Å²) in [6, 6.07) is 0. The van der Waals surface area contributed by atoms with Crippen LogP contribution in [0.15, 0.2) is 17.6 Å². The Morgan fingerprint density at radius 2 is 2.11 bits per heavy atom. The van der Waals surface area contributed by atoms with Crippen LogP contribution in [0.4, 0.5) is 10.2 Å². The van der Waals surface area contributed by atoms with E-state index in [1.54, 1.807) is 0 Å². The van der Waals surface area contributed by atoms with Gasteiger partial charge in [0.15, 0.2) is 12.4 Å². The van der Waals surface area contributed by atoms with Crippen LogP contribution in [-0.4, -0.2) is 61.3 Å². The summed E-state index contributed by atoms with van der Waals surface area (Å²) in [5, 5.41) is 11.7. The van der Waals surface area contributed by atoms with Gasteiger partial charge in [-0.2, -0.15) is 4.31 Å². The van der Waals surface area contributed by atoms with E-state index in [0.717, 1.165) is 6.33 Å². The monoisotopic (exact) mass is 688 g/mol. The van der Waals surface area contributed by atoms with E-state index in [9.17, 15) is 18.6 Å². The predicted octanol–water partition coefficient (Wildman–Crippen LogP) is 2.90. The molecular formula is C12H15FIN7O12P3+. The molecule has 24 heteroatoms. The molecule has 2 aromatic rings. The van der Waals surface area contributed by atoms with E-state index < -0.39 is 61.8 Å². The zero-order valence-electron chi connectivity index (χ0n) is 17.3. The number of nitrogens with zero attached hydrogens (tertiary/aromatic N) is 6. The van der Waals surface area contributed by atoms with Crippen LogP contribution >= 0.6 is 46.5 Å². The average Bonchev–Trinajstić information content (AvgIpc) is 3.29. The third kappa shape index (κ3) is 6.91. The molecule has 1 aliphatic rings. The normalized spacial score (nSPS) is 25.8. The Hall–Kier alpha value is -1.41. The van der Waals surface area contributed by atoms with Gasteiger partial charge in [0.25, 0.3) is 0 Å². The van der Waals surface area contributed by atoms with Crippen LogP contribution in [0.3, 0.4) is 0 Å². The largest absolute Gasteiger partial charge is 0.708 e. The summed E-state index contributed by atoms with van der Waals surface area (Å²) in [7, 11) is -14.5. The Kier molecular flexibility index (Phi) is 9.69. The van der Waals surface area contributed by atoms with Gasteiger partial charge in [0, 0.05) is 19.2 Å². The van der Waals surface area contributed by atoms with Gasteiger partial charge in [-0.3, -0.25) is 4.89 Å². The van der Waals surface area contributed by atoms with Crippen molar-refractivity contribution in [1.29, 1.82) is 0 Å². The van der Waals surface area contributed by atoms with Crippen molar-refractivity contribution in [3.63, 3.8) is 0 Å². The SMILES string of the molecule is [N-]=[N+]=NCO[C@H]1[C@@H](F)[C@H](n2cc(I)c3c(N)ncnc32)O[C@@H]1CO[P+](=O)OP(=O)(O)OP(=O)(O)OO. The van der Waals surface area contributed by atoms with E-state index in [4.69, 9.17) is 35.4 Å². The van der Waals surface area contributed by atoms with Crippen LogP contribution in [0.25, 0.3) is 21.5 Å². The maximum atomic E-state index is 15.4. The van der Waals surface area contributed by atoms with Crippen molar-refractivity contribution in [3.05, 3.63) is 26.5 Å². The number of nitrogens with two attached hydrogens (primary N) is 1. The first kappa shape index (κ1) is 29.2. The number of fused-ring (bicyclic) bond motifs is 1. The number of azide groups is 1. The van der Waals surface area contributed by atoms with E-state index in [1.807, 2.05) is 22.6 Å². The van der Waals surface area contributed by atoms with Crippen molar-refractivity contribution >= 4 is 63.3 Å². The van der Waals surface area contributed by atoms with Gasteiger partial charge in [0.1, 0.15) is 43.3 Å². The summed E-state index contributed by atoms with van der Waals surface area (Å²) in [5.74, 6) is 0.136. The minimum Gasteiger partial charge on any atom is -0.383 e. The fourth-order valence-electron chi connectivity index (χ4n) is 3.05. The number of anilines is 1. The second-order valence-electron chi connectivity index (χ2n) is 6.54. The molecule has 19 nitrogen and oxygen atoms in total. The van der Waals surface area contributed by atoms with Gasteiger partial charge in [0.05, 0.1) is 5.39 Å². The van der Waals surface area contributed by atoms with Gasteiger partial charge in [0.2, 0.25) is 0 Å². The third-order valence-corrected chi connectivity index (χ3v) is 8.74. The Bertz CT molecular complexity index is 1280. The molecule has 3 heterocycles. The lowest BCUT2D eigenvalue weighted by atomic mass is 10.1. The summed E-state index contributed by atoms with van der Waals surface area (Å²) >= 11 is 1.94.